The molecule has 0 unspecified atom stereocenters. The van der Waals surface area contributed by atoms with Crippen LogP contribution in [0.15, 0.2) is 36.7 Å². The van der Waals surface area contributed by atoms with Gasteiger partial charge in [-0.1, -0.05) is 26.0 Å². The van der Waals surface area contributed by atoms with Crippen LogP contribution in [0.25, 0.3) is 0 Å². The van der Waals surface area contributed by atoms with Gasteiger partial charge in [0, 0.05) is 31.5 Å². The molecule has 6 heteroatoms. The van der Waals surface area contributed by atoms with Gasteiger partial charge in [0.05, 0.1) is 18.4 Å². The number of aromatic nitrogens is 2. The fraction of sp³-hybridized carbons (Fsp3) is 0.500. The Balaban J connectivity index is 1.49. The minimum Gasteiger partial charge on any atom is -0.381 e. The van der Waals surface area contributed by atoms with Crippen LogP contribution in [-0.2, 0) is 11.8 Å². The number of aryl methyl sites for hydroxylation is 1. The summed E-state index contributed by atoms with van der Waals surface area (Å²) in [4.78, 5) is 14.5. The van der Waals surface area contributed by atoms with E-state index in [4.69, 9.17) is 0 Å². The lowest BCUT2D eigenvalue weighted by Crippen LogP contribution is -2.45. The number of anilines is 2. The molecule has 0 bridgehead atoms. The molecule has 0 saturated carbocycles. The van der Waals surface area contributed by atoms with E-state index < -0.39 is 0 Å². The van der Waals surface area contributed by atoms with Gasteiger partial charge >= 0.3 is 0 Å². The van der Waals surface area contributed by atoms with Gasteiger partial charge in [0.2, 0.25) is 5.91 Å². The highest BCUT2D eigenvalue weighted by atomic mass is 16.2. The summed E-state index contributed by atoms with van der Waals surface area (Å²) in [6, 6.07) is 9.07. The highest BCUT2D eigenvalue weighted by molar-refractivity contribution is 5.91. The summed E-state index contributed by atoms with van der Waals surface area (Å²) in [7, 11) is 1.84. The lowest BCUT2D eigenvalue weighted by atomic mass is 10.0. The number of hydrogen-bond donors (Lipinski definition) is 2. The molecule has 26 heavy (non-hydrogen) atoms. The molecule has 140 valence electrons. The van der Waals surface area contributed by atoms with Crippen LogP contribution in [0.4, 0.5) is 11.4 Å². The Morgan fingerprint density at radius 1 is 1.27 bits per heavy atom. The Morgan fingerprint density at radius 3 is 2.69 bits per heavy atom. The Hall–Kier alpha value is -2.34. The number of nitrogens with one attached hydrogen (secondary N) is 2. The average molecular weight is 355 g/mol. The fourth-order valence-corrected chi connectivity index (χ4v) is 3.41. The van der Waals surface area contributed by atoms with Crippen LogP contribution >= 0.6 is 0 Å². The van der Waals surface area contributed by atoms with E-state index in [9.17, 15) is 4.79 Å². The molecule has 1 atom stereocenters. The van der Waals surface area contributed by atoms with Gasteiger partial charge in [-0.15, -0.1) is 0 Å². The van der Waals surface area contributed by atoms with Gasteiger partial charge < -0.3 is 10.6 Å². The maximum absolute atomic E-state index is 12.2. The molecule has 1 aromatic heterocycles. The second-order valence-electron chi connectivity index (χ2n) is 7.45. The molecule has 0 aliphatic carbocycles. The Bertz CT molecular complexity index is 722. The van der Waals surface area contributed by atoms with Crippen LogP contribution < -0.4 is 10.6 Å². The van der Waals surface area contributed by atoms with E-state index >= 15 is 0 Å². The minimum absolute atomic E-state index is 0.0138. The summed E-state index contributed by atoms with van der Waals surface area (Å²) in [5.74, 6) is 0.562. The van der Waals surface area contributed by atoms with Crippen LogP contribution in [-0.4, -0.2) is 46.3 Å². The van der Waals surface area contributed by atoms with Gasteiger partial charge in [-0.25, -0.2) is 0 Å². The number of hydrogen-bond acceptors (Lipinski definition) is 4. The van der Waals surface area contributed by atoms with E-state index in [1.165, 1.54) is 5.56 Å². The van der Waals surface area contributed by atoms with E-state index in [-0.39, 0.29) is 5.91 Å². The molecular weight excluding hydrogens is 326 g/mol. The van der Waals surface area contributed by atoms with Crippen LogP contribution in [0.1, 0.15) is 38.2 Å². The van der Waals surface area contributed by atoms with Crippen molar-refractivity contribution in [2.75, 3.05) is 30.3 Å². The van der Waals surface area contributed by atoms with Gasteiger partial charge in [-0.05, 0) is 43.0 Å². The van der Waals surface area contributed by atoms with Crippen LogP contribution in [0.2, 0.25) is 0 Å². The van der Waals surface area contributed by atoms with Crippen LogP contribution in [0.5, 0.6) is 0 Å². The summed E-state index contributed by atoms with van der Waals surface area (Å²) in [5.41, 5.74) is 3.25. The zero-order chi connectivity index (χ0) is 18.5. The summed E-state index contributed by atoms with van der Waals surface area (Å²) in [6.07, 6.45) is 5.70. The van der Waals surface area contributed by atoms with Gasteiger partial charge in [-0.3, -0.25) is 14.4 Å². The highest BCUT2D eigenvalue weighted by Gasteiger charge is 2.21. The summed E-state index contributed by atoms with van der Waals surface area (Å²) < 4.78 is 1.68. The molecule has 6 nitrogen and oxygen atoms in total. The van der Waals surface area contributed by atoms with Crippen LogP contribution in [0, 0.1) is 0 Å². The predicted molar refractivity (Wildman–Crippen MR) is 105 cm³/mol. The quantitative estimate of drug-likeness (QED) is 0.836. The number of piperidine rings is 1. The molecule has 0 spiro atoms. The summed E-state index contributed by atoms with van der Waals surface area (Å²) in [6.45, 7) is 6.67. The first kappa shape index (κ1) is 18.5. The highest BCUT2D eigenvalue weighted by Crippen LogP contribution is 2.20. The zero-order valence-electron chi connectivity index (χ0n) is 15.9. The number of carbonyl (C=O) groups is 1. The van der Waals surface area contributed by atoms with Crippen molar-refractivity contribution < 1.29 is 4.79 Å². The molecular formula is C20H29N5O. The number of nitrogens with zero attached hydrogens (tertiary/aromatic N) is 3. The second kappa shape index (κ2) is 8.36. The monoisotopic (exact) mass is 355 g/mol. The molecule has 1 amide bonds. The smallest absolute Gasteiger partial charge is 0.238 e. The first-order valence-corrected chi connectivity index (χ1v) is 9.37. The van der Waals surface area contributed by atoms with Crippen molar-refractivity contribution in [3.05, 3.63) is 42.2 Å². The van der Waals surface area contributed by atoms with E-state index in [2.05, 4.69) is 58.7 Å². The lowest BCUT2D eigenvalue weighted by Gasteiger charge is -2.33. The molecule has 1 aliphatic heterocycles. The number of benzene rings is 1. The third-order valence-electron chi connectivity index (χ3n) is 4.81. The molecule has 2 N–H and O–H groups in total. The first-order chi connectivity index (χ1) is 12.5. The maximum atomic E-state index is 12.2. The lowest BCUT2D eigenvalue weighted by molar-refractivity contribution is -0.117. The summed E-state index contributed by atoms with van der Waals surface area (Å²) in [5, 5.41) is 10.6. The topological polar surface area (TPSA) is 62.2 Å². The third kappa shape index (κ3) is 5.08. The van der Waals surface area contributed by atoms with Crippen molar-refractivity contribution in [3.8, 4) is 0 Å². The Kier molecular flexibility index (Phi) is 5.93. The Labute approximate surface area is 155 Å². The zero-order valence-corrected chi connectivity index (χ0v) is 15.9. The molecule has 2 aromatic rings. The Morgan fingerprint density at radius 2 is 2.04 bits per heavy atom. The minimum atomic E-state index is 0.0138. The van der Waals surface area contributed by atoms with E-state index in [0.29, 0.717) is 18.5 Å². The molecule has 1 aliphatic rings. The van der Waals surface area contributed by atoms with E-state index in [0.717, 1.165) is 37.3 Å². The van der Waals surface area contributed by atoms with E-state index in [1.54, 1.807) is 17.1 Å². The van der Waals surface area contributed by atoms with Crippen molar-refractivity contribution in [3.63, 3.8) is 0 Å². The molecule has 0 radical (unpaired) electrons. The standard InChI is InChI=1S/C20H29N5O/c1-15(2)16-6-8-17(9-7-16)22-18-5-4-10-25(13-18)14-20(26)23-19-11-21-24(3)12-19/h6-9,11-12,15,18,22H,4-5,10,13-14H2,1-3H3,(H,23,26)/t18-/m1/s1. The third-order valence-corrected chi connectivity index (χ3v) is 4.81. The molecule has 1 saturated heterocycles. The second-order valence-corrected chi connectivity index (χ2v) is 7.45. The van der Waals surface area contributed by atoms with Gasteiger partial charge in [-0.2, -0.15) is 5.10 Å². The molecule has 2 heterocycles. The molecule has 1 fully saturated rings. The number of rotatable bonds is 6. The number of likely N-dealkylation sites (tertiary alicyclic amines) is 1. The van der Waals surface area contributed by atoms with Crippen molar-refractivity contribution in [2.45, 2.75) is 38.6 Å². The predicted octanol–water partition coefficient (Wildman–Crippen LogP) is 3.06. The van der Waals surface area contributed by atoms with Gasteiger partial charge in [0.1, 0.15) is 0 Å². The van der Waals surface area contributed by atoms with E-state index in [1.807, 2.05) is 7.05 Å². The first-order valence-electron chi connectivity index (χ1n) is 9.37. The number of carbonyl (C=O) groups excluding carboxylic acids is 1. The van der Waals surface area contributed by atoms with Crippen molar-refractivity contribution in [1.82, 2.24) is 14.7 Å². The van der Waals surface area contributed by atoms with Crippen molar-refractivity contribution >= 4 is 17.3 Å². The molecule has 3 rings (SSSR count). The normalized spacial score (nSPS) is 18.1. The maximum Gasteiger partial charge on any atom is 0.238 e. The van der Waals surface area contributed by atoms with Gasteiger partial charge in [0.15, 0.2) is 0 Å². The summed E-state index contributed by atoms with van der Waals surface area (Å²) >= 11 is 0. The SMILES string of the molecule is CC(C)c1ccc(N[C@@H]2CCCN(CC(=O)Nc3cnn(C)c3)C2)cc1. The largest absolute Gasteiger partial charge is 0.381 e. The fourth-order valence-electron chi connectivity index (χ4n) is 3.41. The number of amides is 1. The van der Waals surface area contributed by atoms with Crippen molar-refractivity contribution in [2.24, 2.45) is 7.05 Å². The van der Waals surface area contributed by atoms with Crippen molar-refractivity contribution in [1.29, 1.82) is 0 Å². The van der Waals surface area contributed by atoms with Crippen LogP contribution in [0.3, 0.4) is 0 Å². The molecule has 1 aromatic carbocycles. The van der Waals surface area contributed by atoms with Gasteiger partial charge in [0.25, 0.3) is 0 Å². The average Bonchev–Trinajstić information content (AvgIpc) is 3.00.